The number of hydrogen-bond acceptors (Lipinski definition) is 2. The van der Waals surface area contributed by atoms with Gasteiger partial charge in [0.1, 0.15) is 5.82 Å². The van der Waals surface area contributed by atoms with Crippen molar-refractivity contribution in [3.8, 4) is 0 Å². The lowest BCUT2D eigenvalue weighted by Crippen LogP contribution is -2.45. The first-order chi connectivity index (χ1) is 12.9. The molecule has 2 aromatic rings. The van der Waals surface area contributed by atoms with Gasteiger partial charge in [-0.25, -0.2) is 4.39 Å². The third kappa shape index (κ3) is 6.51. The van der Waals surface area contributed by atoms with Crippen molar-refractivity contribution in [1.29, 1.82) is 0 Å². The van der Waals surface area contributed by atoms with Crippen LogP contribution in [0.3, 0.4) is 0 Å². The Balaban J connectivity index is 2.00. The number of hydrogen-bond donors (Lipinski definition) is 0. The van der Waals surface area contributed by atoms with Crippen LogP contribution in [0.2, 0.25) is 0 Å². The molecule has 0 heterocycles. The van der Waals surface area contributed by atoms with Crippen LogP contribution in [0.5, 0.6) is 0 Å². The Morgan fingerprint density at radius 1 is 0.963 bits per heavy atom. The Morgan fingerprint density at radius 2 is 1.59 bits per heavy atom. The summed E-state index contributed by atoms with van der Waals surface area (Å²) in [6, 6.07) is 16.0. The van der Waals surface area contributed by atoms with E-state index >= 15 is 0 Å². The highest BCUT2D eigenvalue weighted by Gasteiger charge is 2.21. The van der Waals surface area contributed by atoms with Gasteiger partial charge in [0.15, 0.2) is 0 Å². The minimum atomic E-state index is -0.286. The predicted octanol–water partition coefficient (Wildman–Crippen LogP) is 3.65. The Morgan fingerprint density at radius 3 is 2.15 bits per heavy atom. The molecule has 0 aliphatic rings. The summed E-state index contributed by atoms with van der Waals surface area (Å²) in [7, 11) is 0. The molecule has 0 saturated carbocycles. The quantitative estimate of drug-likeness (QED) is 0.712. The standard InChI is InChI=1S/C22H27FN2O2/c1-17(2)25(15-20-7-5-4-6-8-20)22(27)16-24(18(3)26)14-13-19-9-11-21(23)12-10-19/h4-12,17H,13-16H2,1-3H3. The highest BCUT2D eigenvalue weighted by atomic mass is 19.1. The van der Waals surface area contributed by atoms with Crippen LogP contribution in [-0.4, -0.2) is 40.7 Å². The van der Waals surface area contributed by atoms with Crippen molar-refractivity contribution in [1.82, 2.24) is 9.80 Å². The van der Waals surface area contributed by atoms with Crippen LogP contribution in [-0.2, 0) is 22.6 Å². The lowest BCUT2D eigenvalue weighted by Gasteiger charge is -2.30. The Kier molecular flexibility index (Phi) is 7.53. The Bertz CT molecular complexity index is 745. The molecule has 0 spiro atoms. The molecule has 0 aromatic heterocycles. The molecule has 4 nitrogen and oxygen atoms in total. The number of carbonyl (C=O) groups is 2. The molecule has 0 unspecified atom stereocenters. The molecule has 0 bridgehead atoms. The molecular weight excluding hydrogens is 343 g/mol. The van der Waals surface area contributed by atoms with Crippen LogP contribution in [0, 0.1) is 5.82 Å². The van der Waals surface area contributed by atoms with Gasteiger partial charge in [-0.3, -0.25) is 9.59 Å². The molecule has 0 atom stereocenters. The van der Waals surface area contributed by atoms with Crippen molar-refractivity contribution >= 4 is 11.8 Å². The summed E-state index contributed by atoms with van der Waals surface area (Å²) < 4.78 is 13.0. The van der Waals surface area contributed by atoms with Gasteiger partial charge >= 0.3 is 0 Å². The van der Waals surface area contributed by atoms with E-state index in [9.17, 15) is 14.0 Å². The van der Waals surface area contributed by atoms with E-state index in [1.807, 2.05) is 44.2 Å². The van der Waals surface area contributed by atoms with E-state index in [1.54, 1.807) is 21.9 Å². The highest BCUT2D eigenvalue weighted by molar-refractivity contribution is 5.84. The lowest BCUT2D eigenvalue weighted by atomic mass is 10.1. The van der Waals surface area contributed by atoms with Crippen molar-refractivity contribution in [2.75, 3.05) is 13.1 Å². The molecule has 0 fully saturated rings. The Hall–Kier alpha value is -2.69. The molecule has 144 valence electrons. The van der Waals surface area contributed by atoms with E-state index in [-0.39, 0.29) is 30.2 Å². The van der Waals surface area contributed by atoms with Crippen LogP contribution in [0.25, 0.3) is 0 Å². The Labute approximate surface area is 160 Å². The van der Waals surface area contributed by atoms with Gasteiger partial charge in [-0.2, -0.15) is 0 Å². The molecule has 5 heteroatoms. The van der Waals surface area contributed by atoms with Crippen LogP contribution in [0.1, 0.15) is 31.9 Å². The topological polar surface area (TPSA) is 40.6 Å². The number of amides is 2. The summed E-state index contributed by atoms with van der Waals surface area (Å²) in [5.41, 5.74) is 1.99. The summed E-state index contributed by atoms with van der Waals surface area (Å²) in [5, 5.41) is 0. The third-order valence-corrected chi connectivity index (χ3v) is 4.49. The normalized spacial score (nSPS) is 10.7. The van der Waals surface area contributed by atoms with E-state index in [4.69, 9.17) is 0 Å². The van der Waals surface area contributed by atoms with Gasteiger partial charge < -0.3 is 9.80 Å². The molecule has 27 heavy (non-hydrogen) atoms. The zero-order chi connectivity index (χ0) is 19.8. The average Bonchev–Trinajstić information content (AvgIpc) is 2.64. The van der Waals surface area contributed by atoms with E-state index in [0.29, 0.717) is 19.5 Å². The molecular formula is C22H27FN2O2. The van der Waals surface area contributed by atoms with E-state index in [0.717, 1.165) is 11.1 Å². The van der Waals surface area contributed by atoms with E-state index in [2.05, 4.69) is 0 Å². The van der Waals surface area contributed by atoms with Gasteiger partial charge in [-0.1, -0.05) is 42.5 Å². The predicted molar refractivity (Wildman–Crippen MR) is 104 cm³/mol. The van der Waals surface area contributed by atoms with Crippen molar-refractivity contribution in [3.63, 3.8) is 0 Å². The number of rotatable bonds is 8. The second kappa shape index (κ2) is 9.86. The number of nitrogens with zero attached hydrogens (tertiary/aromatic N) is 2. The SMILES string of the molecule is CC(=O)N(CCc1ccc(F)cc1)CC(=O)N(Cc1ccccc1)C(C)C. The summed E-state index contributed by atoms with van der Waals surface area (Å²) in [6.45, 7) is 6.39. The first kappa shape index (κ1) is 20.6. The third-order valence-electron chi connectivity index (χ3n) is 4.49. The second-order valence-corrected chi connectivity index (χ2v) is 6.92. The van der Waals surface area contributed by atoms with Gasteiger partial charge in [0.25, 0.3) is 0 Å². The molecule has 0 N–H and O–H groups in total. The number of halogens is 1. The van der Waals surface area contributed by atoms with Gasteiger partial charge in [0.2, 0.25) is 11.8 Å². The molecule has 0 aliphatic heterocycles. The van der Waals surface area contributed by atoms with Crippen molar-refractivity contribution in [3.05, 3.63) is 71.5 Å². The van der Waals surface area contributed by atoms with Gasteiger partial charge in [0.05, 0.1) is 6.54 Å². The maximum Gasteiger partial charge on any atom is 0.242 e. The first-order valence-corrected chi connectivity index (χ1v) is 9.20. The highest BCUT2D eigenvalue weighted by Crippen LogP contribution is 2.10. The summed E-state index contributed by atoms with van der Waals surface area (Å²) in [4.78, 5) is 28.2. The lowest BCUT2D eigenvalue weighted by molar-refractivity contribution is -0.141. The number of benzene rings is 2. The zero-order valence-corrected chi connectivity index (χ0v) is 16.2. The monoisotopic (exact) mass is 370 g/mol. The smallest absolute Gasteiger partial charge is 0.242 e. The second-order valence-electron chi connectivity index (χ2n) is 6.92. The summed E-state index contributed by atoms with van der Waals surface area (Å²) >= 11 is 0. The van der Waals surface area contributed by atoms with Crippen LogP contribution in [0.4, 0.5) is 4.39 Å². The zero-order valence-electron chi connectivity index (χ0n) is 16.2. The van der Waals surface area contributed by atoms with Gasteiger partial charge in [-0.15, -0.1) is 0 Å². The van der Waals surface area contributed by atoms with Crippen LogP contribution in [0.15, 0.2) is 54.6 Å². The fourth-order valence-corrected chi connectivity index (χ4v) is 2.86. The fourth-order valence-electron chi connectivity index (χ4n) is 2.86. The van der Waals surface area contributed by atoms with Crippen LogP contribution >= 0.6 is 0 Å². The fraction of sp³-hybridized carbons (Fsp3) is 0.364. The summed E-state index contributed by atoms with van der Waals surface area (Å²) in [6.07, 6.45) is 0.577. The molecule has 2 rings (SSSR count). The van der Waals surface area contributed by atoms with Gasteiger partial charge in [-0.05, 0) is 43.5 Å². The molecule has 0 saturated heterocycles. The van der Waals surface area contributed by atoms with Gasteiger partial charge in [0, 0.05) is 26.1 Å². The first-order valence-electron chi connectivity index (χ1n) is 9.20. The van der Waals surface area contributed by atoms with E-state index < -0.39 is 0 Å². The molecule has 2 amide bonds. The van der Waals surface area contributed by atoms with Crippen molar-refractivity contribution in [2.24, 2.45) is 0 Å². The molecule has 2 aromatic carbocycles. The van der Waals surface area contributed by atoms with E-state index in [1.165, 1.54) is 19.1 Å². The average molecular weight is 370 g/mol. The minimum absolute atomic E-state index is 0.0311. The molecule has 0 aliphatic carbocycles. The minimum Gasteiger partial charge on any atom is -0.334 e. The maximum absolute atomic E-state index is 13.0. The van der Waals surface area contributed by atoms with Crippen molar-refractivity contribution < 1.29 is 14.0 Å². The largest absolute Gasteiger partial charge is 0.334 e. The summed E-state index contributed by atoms with van der Waals surface area (Å²) in [5.74, 6) is -0.511. The van der Waals surface area contributed by atoms with Crippen molar-refractivity contribution in [2.45, 2.75) is 39.8 Å². The van der Waals surface area contributed by atoms with Crippen LogP contribution < -0.4 is 0 Å². The maximum atomic E-state index is 13.0. The number of carbonyl (C=O) groups excluding carboxylic acids is 2. The molecule has 0 radical (unpaired) electrons.